The van der Waals surface area contributed by atoms with E-state index in [9.17, 15) is 4.39 Å². The Kier molecular flexibility index (Phi) is 4.96. The average Bonchev–Trinajstić information content (AvgIpc) is 2.25. The van der Waals surface area contributed by atoms with Crippen molar-refractivity contribution in [2.24, 2.45) is 0 Å². The Bertz CT molecular complexity index is 382. The minimum Gasteiger partial charge on any atom is -0.467 e. The molecule has 0 aliphatic rings. The Balaban J connectivity index is 2.78. The molecule has 0 unspecified atom stereocenters. The topological polar surface area (TPSA) is 18.5 Å². The number of methoxy groups -OCH3 is 1. The number of alkyl halides is 1. The lowest BCUT2D eigenvalue weighted by atomic mass is 10.2. The second kappa shape index (κ2) is 6.28. The fraction of sp³-hybridized carbons (Fsp3) is 0.273. The van der Waals surface area contributed by atoms with Crippen molar-refractivity contribution in [1.29, 1.82) is 0 Å². The number of halogens is 2. The third-order valence-electron chi connectivity index (χ3n) is 1.57. The molecule has 15 heavy (non-hydrogen) atoms. The number of hydrogen-bond donors (Lipinski definition) is 0. The van der Waals surface area contributed by atoms with Crippen molar-refractivity contribution in [2.45, 2.75) is 0 Å². The van der Waals surface area contributed by atoms with Gasteiger partial charge in [0.05, 0.1) is 11.4 Å². The summed E-state index contributed by atoms with van der Waals surface area (Å²) < 4.78 is 23.1. The molecule has 0 saturated carbocycles. The molecule has 0 saturated heterocycles. The van der Waals surface area contributed by atoms with Crippen molar-refractivity contribution >= 4 is 11.6 Å². The molecule has 0 fully saturated rings. The van der Waals surface area contributed by atoms with E-state index in [1.165, 1.54) is 13.2 Å². The molecule has 1 rings (SSSR count). The predicted molar refractivity (Wildman–Crippen MR) is 56.5 cm³/mol. The Morgan fingerprint density at radius 2 is 2.27 bits per heavy atom. The van der Waals surface area contributed by atoms with Crippen molar-refractivity contribution < 1.29 is 13.9 Å². The van der Waals surface area contributed by atoms with Crippen LogP contribution in [-0.4, -0.2) is 19.8 Å². The van der Waals surface area contributed by atoms with Crippen LogP contribution in [0.2, 0.25) is 0 Å². The van der Waals surface area contributed by atoms with Gasteiger partial charge in [0.1, 0.15) is 11.6 Å². The molecule has 0 aliphatic carbocycles. The minimum absolute atomic E-state index is 0.0894. The van der Waals surface area contributed by atoms with Gasteiger partial charge in [-0.1, -0.05) is 11.8 Å². The summed E-state index contributed by atoms with van der Waals surface area (Å²) in [5.41, 5.74) is 0.306. The van der Waals surface area contributed by atoms with Gasteiger partial charge in [0.2, 0.25) is 0 Å². The van der Waals surface area contributed by atoms with Gasteiger partial charge in [0.15, 0.2) is 6.79 Å². The molecule has 80 valence electrons. The number of benzene rings is 1. The molecule has 0 radical (unpaired) electrons. The summed E-state index contributed by atoms with van der Waals surface area (Å²) in [7, 11) is 1.50. The number of ether oxygens (including phenoxy) is 2. The number of rotatable bonds is 3. The molecule has 0 aliphatic heterocycles. The Morgan fingerprint density at radius 1 is 1.47 bits per heavy atom. The van der Waals surface area contributed by atoms with E-state index in [1.54, 1.807) is 12.1 Å². The van der Waals surface area contributed by atoms with E-state index in [2.05, 4.69) is 11.8 Å². The van der Waals surface area contributed by atoms with Crippen LogP contribution in [0.3, 0.4) is 0 Å². The summed E-state index contributed by atoms with van der Waals surface area (Å²) in [5, 5.41) is 0. The molecular formula is C11H10ClFO2. The lowest BCUT2D eigenvalue weighted by molar-refractivity contribution is 0.0509. The summed E-state index contributed by atoms with van der Waals surface area (Å²) in [6.45, 7) is 0.0894. The first-order valence-corrected chi connectivity index (χ1v) is 4.77. The molecule has 1 aromatic rings. The van der Waals surface area contributed by atoms with E-state index in [0.717, 1.165) is 0 Å². The predicted octanol–water partition coefficient (Wildman–Crippen LogP) is 2.40. The fourth-order valence-corrected chi connectivity index (χ4v) is 1.01. The highest BCUT2D eigenvalue weighted by molar-refractivity contribution is 6.19. The molecule has 0 atom stereocenters. The molecule has 0 N–H and O–H groups in total. The van der Waals surface area contributed by atoms with Crippen molar-refractivity contribution in [1.82, 2.24) is 0 Å². The van der Waals surface area contributed by atoms with Crippen molar-refractivity contribution in [3.63, 3.8) is 0 Å². The van der Waals surface area contributed by atoms with Crippen molar-refractivity contribution in [3.05, 3.63) is 29.6 Å². The van der Waals surface area contributed by atoms with E-state index in [1.807, 2.05) is 0 Å². The van der Waals surface area contributed by atoms with Gasteiger partial charge < -0.3 is 9.47 Å². The van der Waals surface area contributed by atoms with Gasteiger partial charge in [-0.3, -0.25) is 0 Å². The van der Waals surface area contributed by atoms with Crippen molar-refractivity contribution in [3.8, 4) is 17.6 Å². The van der Waals surface area contributed by atoms with Gasteiger partial charge in [-0.15, -0.1) is 11.6 Å². The molecule has 0 amide bonds. The first-order valence-electron chi connectivity index (χ1n) is 4.24. The van der Waals surface area contributed by atoms with Crippen LogP contribution >= 0.6 is 11.6 Å². The van der Waals surface area contributed by atoms with Gasteiger partial charge in [-0.05, 0) is 12.1 Å². The molecule has 0 spiro atoms. The maximum absolute atomic E-state index is 13.3. The van der Waals surface area contributed by atoms with Gasteiger partial charge in [0.25, 0.3) is 0 Å². The molecule has 0 aromatic heterocycles. The van der Waals surface area contributed by atoms with Crippen molar-refractivity contribution in [2.75, 3.05) is 19.8 Å². The molecule has 0 heterocycles. The van der Waals surface area contributed by atoms with E-state index in [0.29, 0.717) is 11.3 Å². The summed E-state index contributed by atoms with van der Waals surface area (Å²) in [4.78, 5) is 0. The SMILES string of the molecule is COCOc1ccc(C#CCCl)c(F)c1. The van der Waals surface area contributed by atoms with Crippen LogP contribution in [0.4, 0.5) is 4.39 Å². The van der Waals surface area contributed by atoms with Crippen LogP contribution in [0.25, 0.3) is 0 Å². The van der Waals surface area contributed by atoms with E-state index in [4.69, 9.17) is 21.1 Å². The van der Waals surface area contributed by atoms with Crippen LogP contribution in [0.15, 0.2) is 18.2 Å². The van der Waals surface area contributed by atoms with Gasteiger partial charge in [-0.25, -0.2) is 4.39 Å². The molecule has 2 nitrogen and oxygen atoms in total. The number of hydrogen-bond acceptors (Lipinski definition) is 2. The average molecular weight is 229 g/mol. The first kappa shape index (κ1) is 11.8. The maximum Gasteiger partial charge on any atom is 0.188 e. The first-order chi connectivity index (χ1) is 7.27. The zero-order chi connectivity index (χ0) is 11.1. The second-order valence-corrected chi connectivity index (χ2v) is 2.90. The Hall–Kier alpha value is -1.24. The standard InChI is InChI=1S/C11H10ClFO2/c1-14-8-15-10-5-4-9(3-2-6-12)11(13)7-10/h4-5,7H,6,8H2,1H3. The molecule has 4 heteroatoms. The van der Waals surface area contributed by atoms with Crippen LogP contribution in [0.1, 0.15) is 5.56 Å². The van der Waals surface area contributed by atoms with Gasteiger partial charge >= 0.3 is 0 Å². The van der Waals surface area contributed by atoms with Gasteiger partial charge in [-0.2, -0.15) is 0 Å². The summed E-state index contributed by atoms with van der Waals surface area (Å²) in [6, 6.07) is 4.43. The fourth-order valence-electron chi connectivity index (χ4n) is 0.943. The quantitative estimate of drug-likeness (QED) is 0.449. The molecule has 1 aromatic carbocycles. The zero-order valence-corrected chi connectivity index (χ0v) is 8.97. The lowest BCUT2D eigenvalue weighted by Gasteiger charge is -2.04. The maximum atomic E-state index is 13.3. The lowest BCUT2D eigenvalue weighted by Crippen LogP contribution is -1.99. The monoisotopic (exact) mass is 228 g/mol. The third-order valence-corrected chi connectivity index (χ3v) is 1.71. The second-order valence-electron chi connectivity index (χ2n) is 2.63. The smallest absolute Gasteiger partial charge is 0.188 e. The van der Waals surface area contributed by atoms with Crippen LogP contribution in [-0.2, 0) is 4.74 Å². The molecule has 0 bridgehead atoms. The summed E-state index contributed by atoms with van der Waals surface area (Å²) in [6.07, 6.45) is 0. The highest BCUT2D eigenvalue weighted by Crippen LogP contribution is 2.15. The van der Waals surface area contributed by atoms with E-state index >= 15 is 0 Å². The third kappa shape index (κ3) is 3.78. The zero-order valence-electron chi connectivity index (χ0n) is 8.22. The highest BCUT2D eigenvalue weighted by Gasteiger charge is 2.01. The van der Waals surface area contributed by atoms with Crippen LogP contribution < -0.4 is 4.74 Å². The normalized spacial score (nSPS) is 9.27. The van der Waals surface area contributed by atoms with Crippen LogP contribution in [0.5, 0.6) is 5.75 Å². The summed E-state index contributed by atoms with van der Waals surface area (Å²) in [5.74, 6) is 5.34. The minimum atomic E-state index is -0.429. The van der Waals surface area contributed by atoms with E-state index in [-0.39, 0.29) is 12.7 Å². The highest BCUT2D eigenvalue weighted by atomic mass is 35.5. The van der Waals surface area contributed by atoms with Gasteiger partial charge in [0, 0.05) is 13.2 Å². The molecular weight excluding hydrogens is 219 g/mol. The van der Waals surface area contributed by atoms with E-state index < -0.39 is 5.82 Å². The Labute approximate surface area is 93.0 Å². The summed E-state index contributed by atoms with van der Waals surface area (Å²) >= 11 is 5.37. The Morgan fingerprint density at radius 3 is 2.87 bits per heavy atom. The van der Waals surface area contributed by atoms with Crippen LogP contribution in [0, 0.1) is 17.7 Å². The largest absolute Gasteiger partial charge is 0.467 e.